The molecule has 0 saturated heterocycles. The lowest BCUT2D eigenvalue weighted by Crippen LogP contribution is -2.26. The molecule has 188 valence electrons. The molecule has 37 heavy (non-hydrogen) atoms. The second-order valence-electron chi connectivity index (χ2n) is 9.15. The highest BCUT2D eigenvalue weighted by atomic mass is 19.1. The van der Waals surface area contributed by atoms with Gasteiger partial charge in [-0.15, -0.1) is 0 Å². The van der Waals surface area contributed by atoms with Crippen LogP contribution in [0.25, 0.3) is 11.4 Å². The van der Waals surface area contributed by atoms with Crippen molar-refractivity contribution in [1.82, 2.24) is 24.9 Å². The van der Waals surface area contributed by atoms with Crippen molar-refractivity contribution in [3.63, 3.8) is 0 Å². The van der Waals surface area contributed by atoms with E-state index in [9.17, 15) is 14.4 Å². The molecule has 2 heterocycles. The zero-order valence-electron chi connectivity index (χ0n) is 20.5. The second-order valence-corrected chi connectivity index (χ2v) is 9.15. The monoisotopic (exact) mass is 497 g/mol. The van der Waals surface area contributed by atoms with Crippen molar-refractivity contribution in [1.29, 1.82) is 5.26 Å². The van der Waals surface area contributed by atoms with Gasteiger partial charge >= 0.3 is 0 Å². The number of anilines is 1. The number of nitrogens with one attached hydrogen (secondary N) is 1. The molecule has 9 heteroatoms. The van der Waals surface area contributed by atoms with Crippen LogP contribution < -0.4 is 11.1 Å². The van der Waals surface area contributed by atoms with E-state index in [4.69, 9.17) is 10.8 Å². The molecule has 1 aliphatic rings. The van der Waals surface area contributed by atoms with Gasteiger partial charge in [-0.25, -0.2) is 13.8 Å². The summed E-state index contributed by atoms with van der Waals surface area (Å²) in [4.78, 5) is 13.2. The number of fused-ring (bicyclic) bond motifs is 1. The highest BCUT2D eigenvalue weighted by molar-refractivity contribution is 5.94. The molecule has 8 nitrogen and oxygen atoms in total. The Labute approximate surface area is 214 Å². The fraction of sp³-hybridized carbons (Fsp3) is 0.286. The number of amides is 1. The molecule has 0 bridgehead atoms. The maximum atomic E-state index is 13.3. The van der Waals surface area contributed by atoms with E-state index < -0.39 is 0 Å². The van der Waals surface area contributed by atoms with E-state index in [0.29, 0.717) is 42.0 Å². The zero-order chi connectivity index (χ0) is 25.8. The molecular formula is C28H28FN7O. The number of carbonyl (C=O) groups excluding carboxylic acids is 1. The number of aryl methyl sites for hydroxylation is 1. The molecule has 0 spiro atoms. The van der Waals surface area contributed by atoms with Gasteiger partial charge in [0, 0.05) is 17.8 Å². The van der Waals surface area contributed by atoms with Crippen molar-refractivity contribution in [3.05, 3.63) is 88.6 Å². The Morgan fingerprint density at radius 2 is 1.73 bits per heavy atom. The molecule has 1 aliphatic carbocycles. The van der Waals surface area contributed by atoms with Gasteiger partial charge in [0.05, 0.1) is 17.1 Å². The molecule has 4 aromatic rings. The fourth-order valence-corrected chi connectivity index (χ4v) is 4.84. The van der Waals surface area contributed by atoms with Crippen LogP contribution >= 0.6 is 0 Å². The summed E-state index contributed by atoms with van der Waals surface area (Å²) >= 11 is 0. The average Bonchev–Trinajstić information content (AvgIpc) is 3.33. The molecule has 5 rings (SSSR count). The number of hydrogen-bond acceptors (Lipinski definition) is 5. The van der Waals surface area contributed by atoms with Crippen LogP contribution in [0.2, 0.25) is 0 Å². The molecule has 1 amide bonds. The van der Waals surface area contributed by atoms with E-state index in [1.807, 2.05) is 35.0 Å². The number of nitrogen functional groups attached to an aromatic ring is 1. The smallest absolute Gasteiger partial charge is 0.272 e. The number of para-hydroxylation sites is 1. The maximum absolute atomic E-state index is 13.3. The first kappa shape index (κ1) is 24.3. The summed E-state index contributed by atoms with van der Waals surface area (Å²) < 4.78 is 16.7. The van der Waals surface area contributed by atoms with Gasteiger partial charge in [0.1, 0.15) is 23.3 Å². The Bertz CT molecular complexity index is 1450. The van der Waals surface area contributed by atoms with Crippen LogP contribution in [0, 0.1) is 17.1 Å². The standard InChI is InChI=1S/C28H28FN7O/c29-19-13-15-21(16-14-19)36-27(31)23(18-30)24(33-36)11-7-17-32-28(37)26-22-10-5-2-6-12-25(22)35(34-26)20-8-3-1-4-9-20/h1,3-4,8-9,13-16H,2,5-7,10-12,17,31H2,(H,32,37). The lowest BCUT2D eigenvalue weighted by Gasteiger charge is -2.06. The first-order valence-corrected chi connectivity index (χ1v) is 12.5. The van der Waals surface area contributed by atoms with Gasteiger partial charge in [0.15, 0.2) is 5.69 Å². The molecular weight excluding hydrogens is 469 g/mol. The Morgan fingerprint density at radius 3 is 2.49 bits per heavy atom. The molecule has 0 saturated carbocycles. The van der Waals surface area contributed by atoms with E-state index in [1.165, 1.54) is 16.8 Å². The number of rotatable bonds is 7. The van der Waals surface area contributed by atoms with Gasteiger partial charge in [0.2, 0.25) is 0 Å². The summed E-state index contributed by atoms with van der Waals surface area (Å²) in [6.07, 6.45) is 6.04. The molecule has 0 aliphatic heterocycles. The molecule has 3 N–H and O–H groups in total. The predicted octanol–water partition coefficient (Wildman–Crippen LogP) is 4.28. The predicted molar refractivity (Wildman–Crippen MR) is 138 cm³/mol. The number of halogens is 1. The number of nitrogens with two attached hydrogens (primary N) is 1. The third-order valence-electron chi connectivity index (χ3n) is 6.70. The SMILES string of the molecule is N#Cc1c(CCCNC(=O)c2nn(-c3ccccc3)c3c2CCCCC3)nn(-c2ccc(F)cc2)c1N. The lowest BCUT2D eigenvalue weighted by atomic mass is 10.1. The summed E-state index contributed by atoms with van der Waals surface area (Å²) in [5, 5.41) is 21.8. The van der Waals surface area contributed by atoms with Crippen molar-refractivity contribution in [3.8, 4) is 17.4 Å². The van der Waals surface area contributed by atoms with Crippen LogP contribution in [0.3, 0.4) is 0 Å². The summed E-state index contributed by atoms with van der Waals surface area (Å²) in [5.74, 6) is -0.344. The Hall–Kier alpha value is -4.45. The fourth-order valence-electron chi connectivity index (χ4n) is 4.84. The quantitative estimate of drug-likeness (QED) is 0.292. The maximum Gasteiger partial charge on any atom is 0.272 e. The summed E-state index contributed by atoms with van der Waals surface area (Å²) in [5.41, 5.74) is 11.2. The van der Waals surface area contributed by atoms with Crippen molar-refractivity contribution in [2.45, 2.75) is 44.9 Å². The molecule has 0 unspecified atom stereocenters. The molecule has 0 radical (unpaired) electrons. The van der Waals surface area contributed by atoms with Crippen molar-refractivity contribution < 1.29 is 9.18 Å². The van der Waals surface area contributed by atoms with Gasteiger partial charge < -0.3 is 11.1 Å². The highest BCUT2D eigenvalue weighted by Crippen LogP contribution is 2.26. The molecule has 0 fully saturated rings. The van der Waals surface area contributed by atoms with E-state index in [1.54, 1.807) is 12.1 Å². The van der Waals surface area contributed by atoms with Crippen LogP contribution in [-0.4, -0.2) is 32.0 Å². The van der Waals surface area contributed by atoms with E-state index >= 15 is 0 Å². The van der Waals surface area contributed by atoms with E-state index in [0.717, 1.165) is 49.0 Å². The third kappa shape index (κ3) is 4.96. The van der Waals surface area contributed by atoms with Gasteiger partial charge in [-0.05, 0) is 74.9 Å². The van der Waals surface area contributed by atoms with Gasteiger partial charge in [-0.3, -0.25) is 4.79 Å². The van der Waals surface area contributed by atoms with Crippen molar-refractivity contribution in [2.24, 2.45) is 0 Å². The number of benzene rings is 2. The molecule has 2 aromatic carbocycles. The summed E-state index contributed by atoms with van der Waals surface area (Å²) in [6.45, 7) is 0.403. The minimum atomic E-state index is -0.364. The molecule has 0 atom stereocenters. The average molecular weight is 498 g/mol. The van der Waals surface area contributed by atoms with Gasteiger partial charge in [-0.2, -0.15) is 15.5 Å². The van der Waals surface area contributed by atoms with Crippen LogP contribution in [0.4, 0.5) is 10.2 Å². The lowest BCUT2D eigenvalue weighted by molar-refractivity contribution is 0.0947. The molecule has 2 aromatic heterocycles. The number of hydrogen-bond donors (Lipinski definition) is 2. The van der Waals surface area contributed by atoms with Crippen LogP contribution in [0.5, 0.6) is 0 Å². The van der Waals surface area contributed by atoms with Crippen molar-refractivity contribution in [2.75, 3.05) is 12.3 Å². The van der Waals surface area contributed by atoms with Gasteiger partial charge in [-0.1, -0.05) is 24.6 Å². The summed E-state index contributed by atoms with van der Waals surface area (Å²) in [6, 6.07) is 17.8. The van der Waals surface area contributed by atoms with Crippen LogP contribution in [-0.2, 0) is 19.3 Å². The number of carbonyl (C=O) groups is 1. The first-order chi connectivity index (χ1) is 18.1. The van der Waals surface area contributed by atoms with E-state index in [-0.39, 0.29) is 17.5 Å². The van der Waals surface area contributed by atoms with Crippen molar-refractivity contribution >= 4 is 11.7 Å². The topological polar surface area (TPSA) is 115 Å². The first-order valence-electron chi connectivity index (χ1n) is 12.5. The van der Waals surface area contributed by atoms with Crippen LogP contribution in [0.1, 0.15) is 58.7 Å². The Morgan fingerprint density at radius 1 is 1.00 bits per heavy atom. The highest BCUT2D eigenvalue weighted by Gasteiger charge is 2.24. The van der Waals surface area contributed by atoms with E-state index in [2.05, 4.69) is 16.5 Å². The second kappa shape index (κ2) is 10.7. The Kier molecular flexibility index (Phi) is 6.99. The van der Waals surface area contributed by atoms with Crippen LogP contribution in [0.15, 0.2) is 54.6 Å². The minimum Gasteiger partial charge on any atom is -0.382 e. The summed E-state index contributed by atoms with van der Waals surface area (Å²) in [7, 11) is 0. The number of nitrogens with zero attached hydrogens (tertiary/aromatic N) is 5. The number of aromatic nitrogens is 4. The Balaban J connectivity index is 1.28. The zero-order valence-corrected chi connectivity index (χ0v) is 20.5. The minimum absolute atomic E-state index is 0.190. The largest absolute Gasteiger partial charge is 0.382 e. The van der Waals surface area contributed by atoms with Gasteiger partial charge in [0.25, 0.3) is 5.91 Å². The third-order valence-corrected chi connectivity index (χ3v) is 6.70. The number of nitriles is 1. The normalized spacial score (nSPS) is 13.0.